The number of Topliss-reactive ketones (excluding diaryl/α,β-unsaturated/α-hetero) is 1. The van der Waals surface area contributed by atoms with Gasteiger partial charge in [-0.05, 0) is 49.9 Å². The average Bonchev–Trinajstić information content (AvgIpc) is 2.82. The first-order valence-electron chi connectivity index (χ1n) is 6.57. The van der Waals surface area contributed by atoms with Crippen LogP contribution in [0.5, 0.6) is 0 Å². The molecule has 0 fully saturated rings. The highest BCUT2D eigenvalue weighted by molar-refractivity contribution is 5.98. The van der Waals surface area contributed by atoms with Crippen molar-refractivity contribution in [1.29, 1.82) is 0 Å². The van der Waals surface area contributed by atoms with Gasteiger partial charge in [0, 0.05) is 18.0 Å². The lowest BCUT2D eigenvalue weighted by Crippen LogP contribution is -2.25. The van der Waals surface area contributed by atoms with Crippen LogP contribution in [0.1, 0.15) is 41.3 Å². The number of carbonyl (C=O) groups excluding carboxylic acids is 1. The Balaban J connectivity index is 2.19. The zero-order chi connectivity index (χ0) is 12.3. The summed E-state index contributed by atoms with van der Waals surface area (Å²) in [5.41, 5.74) is 3.71. The number of carbonyl (C=O) groups is 1. The average molecular weight is 231 g/mol. The summed E-state index contributed by atoms with van der Waals surface area (Å²) < 4.78 is 0. The Morgan fingerprint density at radius 1 is 1.35 bits per heavy atom. The molecule has 1 aliphatic rings. The Labute approximate surface area is 103 Å². The third kappa shape index (κ3) is 2.58. The molecule has 1 N–H and O–H groups in total. The van der Waals surface area contributed by atoms with Crippen molar-refractivity contribution in [3.63, 3.8) is 0 Å². The Kier molecular flexibility index (Phi) is 3.95. The molecule has 1 unspecified atom stereocenters. The molecule has 1 aromatic rings. The summed E-state index contributed by atoms with van der Waals surface area (Å²) >= 11 is 0. The van der Waals surface area contributed by atoms with Gasteiger partial charge in [0.05, 0.1) is 0 Å². The van der Waals surface area contributed by atoms with Crippen molar-refractivity contribution < 1.29 is 4.79 Å². The van der Waals surface area contributed by atoms with Crippen molar-refractivity contribution in [2.24, 2.45) is 5.92 Å². The standard InChI is InChI=1S/C15H21NO/c1-3-11(10-16-2)15(17)14-8-7-12-5-4-6-13(12)9-14/h7-9,11,16H,3-6,10H2,1-2H3. The van der Waals surface area contributed by atoms with Crippen LogP contribution < -0.4 is 5.32 Å². The number of hydrogen-bond donors (Lipinski definition) is 1. The fraction of sp³-hybridized carbons (Fsp3) is 0.533. The summed E-state index contributed by atoms with van der Waals surface area (Å²) in [4.78, 5) is 12.3. The molecule has 0 heterocycles. The highest BCUT2D eigenvalue weighted by Gasteiger charge is 2.19. The summed E-state index contributed by atoms with van der Waals surface area (Å²) in [5.74, 6) is 0.399. The highest BCUT2D eigenvalue weighted by atomic mass is 16.1. The van der Waals surface area contributed by atoms with Gasteiger partial charge in [-0.25, -0.2) is 0 Å². The van der Waals surface area contributed by atoms with E-state index >= 15 is 0 Å². The maximum atomic E-state index is 12.3. The Bertz CT molecular complexity index is 411. The molecule has 1 aliphatic carbocycles. The predicted octanol–water partition coefficient (Wildman–Crippen LogP) is 2.60. The van der Waals surface area contributed by atoms with E-state index in [-0.39, 0.29) is 11.7 Å². The number of hydrogen-bond acceptors (Lipinski definition) is 2. The van der Waals surface area contributed by atoms with Gasteiger partial charge in [0.25, 0.3) is 0 Å². The highest BCUT2D eigenvalue weighted by Crippen LogP contribution is 2.24. The summed E-state index contributed by atoms with van der Waals surface area (Å²) in [6.45, 7) is 2.85. The van der Waals surface area contributed by atoms with Crippen LogP contribution in [0.15, 0.2) is 18.2 Å². The minimum Gasteiger partial charge on any atom is -0.319 e. The van der Waals surface area contributed by atoms with Crippen molar-refractivity contribution in [3.8, 4) is 0 Å². The van der Waals surface area contributed by atoms with E-state index in [1.165, 1.54) is 24.0 Å². The fourth-order valence-corrected chi connectivity index (χ4v) is 2.63. The lowest BCUT2D eigenvalue weighted by molar-refractivity contribution is 0.0916. The molecular weight excluding hydrogens is 210 g/mol. The molecule has 92 valence electrons. The number of benzene rings is 1. The maximum absolute atomic E-state index is 12.3. The minimum atomic E-state index is 0.111. The molecule has 17 heavy (non-hydrogen) atoms. The fourth-order valence-electron chi connectivity index (χ4n) is 2.63. The van der Waals surface area contributed by atoms with Crippen LogP contribution in [0.4, 0.5) is 0 Å². The summed E-state index contributed by atoms with van der Waals surface area (Å²) in [6, 6.07) is 6.26. The van der Waals surface area contributed by atoms with Crippen LogP contribution in [0.3, 0.4) is 0 Å². The quantitative estimate of drug-likeness (QED) is 0.789. The van der Waals surface area contributed by atoms with Gasteiger partial charge in [0.15, 0.2) is 5.78 Å². The lowest BCUT2D eigenvalue weighted by atomic mass is 9.93. The summed E-state index contributed by atoms with van der Waals surface area (Å²) in [7, 11) is 1.90. The first-order chi connectivity index (χ1) is 8.26. The molecule has 1 atom stereocenters. The molecule has 2 nitrogen and oxygen atoms in total. The smallest absolute Gasteiger partial charge is 0.167 e. The van der Waals surface area contributed by atoms with Gasteiger partial charge in [-0.1, -0.05) is 19.1 Å². The zero-order valence-electron chi connectivity index (χ0n) is 10.8. The van der Waals surface area contributed by atoms with Crippen LogP contribution in [0.25, 0.3) is 0 Å². The van der Waals surface area contributed by atoms with Gasteiger partial charge >= 0.3 is 0 Å². The van der Waals surface area contributed by atoms with E-state index in [0.717, 1.165) is 24.9 Å². The van der Waals surface area contributed by atoms with E-state index in [2.05, 4.69) is 24.4 Å². The van der Waals surface area contributed by atoms with Crippen LogP contribution in [-0.2, 0) is 12.8 Å². The first-order valence-corrected chi connectivity index (χ1v) is 6.57. The number of ketones is 1. The summed E-state index contributed by atoms with van der Waals surface area (Å²) in [6.07, 6.45) is 4.45. The Morgan fingerprint density at radius 2 is 2.12 bits per heavy atom. The van der Waals surface area contributed by atoms with Gasteiger partial charge in [0.2, 0.25) is 0 Å². The third-order valence-electron chi connectivity index (χ3n) is 3.70. The molecule has 0 bridgehead atoms. The molecule has 0 spiro atoms. The van der Waals surface area contributed by atoms with E-state index in [1.54, 1.807) is 0 Å². The number of aryl methyl sites for hydroxylation is 2. The Morgan fingerprint density at radius 3 is 2.82 bits per heavy atom. The largest absolute Gasteiger partial charge is 0.319 e. The molecule has 0 saturated carbocycles. The molecule has 0 saturated heterocycles. The number of nitrogens with one attached hydrogen (secondary N) is 1. The maximum Gasteiger partial charge on any atom is 0.167 e. The van der Waals surface area contributed by atoms with Crippen LogP contribution in [0.2, 0.25) is 0 Å². The normalized spacial score (nSPS) is 15.6. The van der Waals surface area contributed by atoms with Crippen molar-refractivity contribution in [2.75, 3.05) is 13.6 Å². The molecule has 0 radical (unpaired) electrons. The Hall–Kier alpha value is -1.15. The zero-order valence-corrected chi connectivity index (χ0v) is 10.8. The van der Waals surface area contributed by atoms with Crippen LogP contribution >= 0.6 is 0 Å². The van der Waals surface area contributed by atoms with Crippen molar-refractivity contribution in [1.82, 2.24) is 5.32 Å². The monoisotopic (exact) mass is 231 g/mol. The van der Waals surface area contributed by atoms with Crippen molar-refractivity contribution in [3.05, 3.63) is 34.9 Å². The van der Waals surface area contributed by atoms with E-state index < -0.39 is 0 Å². The predicted molar refractivity (Wildman–Crippen MR) is 70.5 cm³/mol. The molecule has 2 rings (SSSR count). The van der Waals surface area contributed by atoms with Gasteiger partial charge in [-0.3, -0.25) is 4.79 Å². The first kappa shape index (κ1) is 12.3. The SMILES string of the molecule is CCC(CNC)C(=O)c1ccc2c(c1)CCC2. The molecular formula is C15H21NO. The van der Waals surface area contributed by atoms with Crippen LogP contribution in [-0.4, -0.2) is 19.4 Å². The molecule has 1 aromatic carbocycles. The molecule has 2 heteroatoms. The van der Waals surface area contributed by atoms with Gasteiger partial charge in [0.1, 0.15) is 0 Å². The van der Waals surface area contributed by atoms with Gasteiger partial charge in [-0.15, -0.1) is 0 Å². The minimum absolute atomic E-state index is 0.111. The number of fused-ring (bicyclic) bond motifs is 1. The van der Waals surface area contributed by atoms with Gasteiger partial charge in [-0.2, -0.15) is 0 Å². The van der Waals surface area contributed by atoms with Crippen LogP contribution in [0, 0.1) is 5.92 Å². The second kappa shape index (κ2) is 5.46. The lowest BCUT2D eigenvalue weighted by Gasteiger charge is -2.13. The van der Waals surface area contributed by atoms with Gasteiger partial charge < -0.3 is 5.32 Å². The molecule has 0 aliphatic heterocycles. The molecule has 0 amide bonds. The van der Waals surface area contributed by atoms with Crippen molar-refractivity contribution in [2.45, 2.75) is 32.6 Å². The van der Waals surface area contributed by atoms with E-state index in [1.807, 2.05) is 13.1 Å². The second-order valence-corrected chi connectivity index (χ2v) is 4.86. The molecule has 0 aromatic heterocycles. The van der Waals surface area contributed by atoms with E-state index in [0.29, 0.717) is 0 Å². The second-order valence-electron chi connectivity index (χ2n) is 4.86. The number of rotatable bonds is 5. The topological polar surface area (TPSA) is 29.1 Å². The van der Waals surface area contributed by atoms with E-state index in [9.17, 15) is 4.79 Å². The summed E-state index contributed by atoms with van der Waals surface area (Å²) in [5, 5.41) is 3.10. The van der Waals surface area contributed by atoms with Crippen molar-refractivity contribution >= 4 is 5.78 Å². The van der Waals surface area contributed by atoms with E-state index in [4.69, 9.17) is 0 Å². The third-order valence-corrected chi connectivity index (χ3v) is 3.70.